The van der Waals surface area contributed by atoms with Crippen molar-refractivity contribution in [2.45, 2.75) is 6.42 Å². The molecule has 2 aromatic carbocycles. The molecule has 0 spiro atoms. The number of hydrogen-bond donors (Lipinski definition) is 4. The predicted octanol–water partition coefficient (Wildman–Crippen LogP) is 0.849. The molecule has 7 N–H and O–H groups in total. The molecule has 0 saturated heterocycles. The summed E-state index contributed by atoms with van der Waals surface area (Å²) in [5.74, 6) is 7.39. The molecule has 11 heteroatoms. The number of hydrogen-bond acceptors (Lipinski definition) is 9. The number of benzene rings is 2. The maximum absolute atomic E-state index is 6.04. The molecule has 2 aromatic heterocycles. The van der Waals surface area contributed by atoms with Crippen molar-refractivity contribution >= 4 is 23.5 Å². The van der Waals surface area contributed by atoms with Gasteiger partial charge in [0, 0.05) is 24.7 Å². The zero-order chi connectivity index (χ0) is 21.8. The van der Waals surface area contributed by atoms with Gasteiger partial charge in [0.25, 0.3) is 5.78 Å². The molecule has 11 nitrogen and oxygen atoms in total. The summed E-state index contributed by atoms with van der Waals surface area (Å²) in [5, 5.41) is 12.7. The van der Waals surface area contributed by atoms with Crippen LogP contribution in [0.4, 0.5) is 11.9 Å². The van der Waals surface area contributed by atoms with Gasteiger partial charge in [-0.2, -0.15) is 19.5 Å². The largest absolute Gasteiger partial charge is 0.382 e. The second-order valence-corrected chi connectivity index (χ2v) is 6.85. The molecule has 0 bridgehead atoms. The maximum Gasteiger partial charge on any atom is 0.259 e. The minimum Gasteiger partial charge on any atom is -0.382 e. The van der Waals surface area contributed by atoms with Crippen molar-refractivity contribution in [3.05, 3.63) is 65.7 Å². The lowest BCUT2D eigenvalue weighted by Gasteiger charge is -2.08. The van der Waals surface area contributed by atoms with Gasteiger partial charge in [0.05, 0.1) is 0 Å². The van der Waals surface area contributed by atoms with E-state index >= 15 is 0 Å². The molecule has 0 aliphatic rings. The summed E-state index contributed by atoms with van der Waals surface area (Å²) in [5.41, 5.74) is 14.7. The van der Waals surface area contributed by atoms with E-state index in [1.807, 2.05) is 54.6 Å². The lowest BCUT2D eigenvalue weighted by Crippen LogP contribution is -2.25. The molecule has 0 amide bonds. The second kappa shape index (κ2) is 8.63. The monoisotopic (exact) mass is 417 g/mol. The van der Waals surface area contributed by atoms with Gasteiger partial charge >= 0.3 is 0 Å². The van der Waals surface area contributed by atoms with Crippen molar-refractivity contribution in [1.29, 1.82) is 0 Å². The highest BCUT2D eigenvalue weighted by Gasteiger charge is 2.12. The fourth-order valence-corrected chi connectivity index (χ4v) is 2.98. The number of nitrogens with two attached hydrogens (primary N) is 3. The van der Waals surface area contributed by atoms with E-state index in [-0.39, 0.29) is 5.95 Å². The molecule has 0 aliphatic heterocycles. The van der Waals surface area contributed by atoms with Crippen LogP contribution in [-0.2, 0) is 6.42 Å². The van der Waals surface area contributed by atoms with Crippen LogP contribution in [0.2, 0.25) is 0 Å². The Morgan fingerprint density at radius 3 is 2.52 bits per heavy atom. The Balaban J connectivity index is 1.42. The van der Waals surface area contributed by atoms with Crippen LogP contribution in [0, 0.1) is 0 Å². The highest BCUT2D eigenvalue weighted by atomic mass is 15.6. The SMILES string of the molecule is CN(N)/N=C(\N)c1ccc(CCNc2nc(N)n3nc(-c4ccccc4)nc3n2)cc1. The van der Waals surface area contributed by atoms with Gasteiger partial charge in [-0.15, -0.1) is 10.2 Å². The second-order valence-electron chi connectivity index (χ2n) is 6.85. The first-order valence-corrected chi connectivity index (χ1v) is 9.61. The van der Waals surface area contributed by atoms with Gasteiger partial charge < -0.3 is 16.8 Å². The lowest BCUT2D eigenvalue weighted by molar-refractivity contribution is 0.371. The average Bonchev–Trinajstić information content (AvgIpc) is 3.19. The van der Waals surface area contributed by atoms with Crippen LogP contribution in [0.1, 0.15) is 11.1 Å². The Kier molecular flexibility index (Phi) is 5.58. The minimum absolute atomic E-state index is 0.214. The molecular formula is C20H23N11. The van der Waals surface area contributed by atoms with Gasteiger partial charge in [0.1, 0.15) is 0 Å². The Hall–Kier alpha value is -4.25. The van der Waals surface area contributed by atoms with Crippen molar-refractivity contribution in [2.24, 2.45) is 16.7 Å². The number of aromatic nitrogens is 5. The van der Waals surface area contributed by atoms with Gasteiger partial charge in [-0.05, 0) is 12.0 Å². The average molecular weight is 417 g/mol. The van der Waals surface area contributed by atoms with Gasteiger partial charge in [-0.1, -0.05) is 54.6 Å². The summed E-state index contributed by atoms with van der Waals surface area (Å²) >= 11 is 0. The third-order valence-electron chi connectivity index (χ3n) is 4.48. The molecule has 4 rings (SSSR count). The van der Waals surface area contributed by atoms with E-state index in [1.165, 1.54) is 9.63 Å². The van der Waals surface area contributed by atoms with Crippen LogP contribution in [0.3, 0.4) is 0 Å². The third-order valence-corrected chi connectivity index (χ3v) is 4.48. The van der Waals surface area contributed by atoms with Crippen LogP contribution in [0.5, 0.6) is 0 Å². The number of rotatable bonds is 7. The smallest absolute Gasteiger partial charge is 0.259 e. The van der Waals surface area contributed by atoms with Crippen LogP contribution >= 0.6 is 0 Å². The van der Waals surface area contributed by atoms with Crippen molar-refractivity contribution in [1.82, 2.24) is 29.7 Å². The number of nitrogens with one attached hydrogen (secondary N) is 1. The van der Waals surface area contributed by atoms with Crippen molar-refractivity contribution in [3.63, 3.8) is 0 Å². The summed E-state index contributed by atoms with van der Waals surface area (Å²) in [4.78, 5) is 13.2. The molecule has 0 unspecified atom stereocenters. The maximum atomic E-state index is 6.04. The third kappa shape index (κ3) is 4.67. The highest BCUT2D eigenvalue weighted by Crippen LogP contribution is 2.17. The predicted molar refractivity (Wildman–Crippen MR) is 120 cm³/mol. The summed E-state index contributed by atoms with van der Waals surface area (Å²) in [7, 11) is 1.61. The number of fused-ring (bicyclic) bond motifs is 1. The topological polar surface area (TPSA) is 162 Å². The number of amidine groups is 1. The molecule has 0 aliphatic carbocycles. The molecule has 0 fully saturated rings. The van der Waals surface area contributed by atoms with E-state index < -0.39 is 0 Å². The zero-order valence-corrected chi connectivity index (χ0v) is 17.0. The summed E-state index contributed by atoms with van der Waals surface area (Å²) in [6.45, 7) is 0.615. The molecular weight excluding hydrogens is 394 g/mol. The molecule has 158 valence electrons. The number of hydrazone groups is 1. The van der Waals surface area contributed by atoms with Crippen molar-refractivity contribution in [3.8, 4) is 11.4 Å². The molecule has 31 heavy (non-hydrogen) atoms. The summed E-state index contributed by atoms with van der Waals surface area (Å²) in [6, 6.07) is 17.4. The first kappa shape index (κ1) is 20.0. The fraction of sp³-hybridized carbons (Fsp3) is 0.150. The first-order chi connectivity index (χ1) is 15.0. The van der Waals surface area contributed by atoms with Gasteiger partial charge in [-0.3, -0.25) is 0 Å². The quantitative estimate of drug-likeness (QED) is 0.148. The molecule has 0 radical (unpaired) electrons. The number of nitrogens with zero attached hydrogens (tertiary/aromatic N) is 7. The number of hydrazine groups is 1. The van der Waals surface area contributed by atoms with Crippen LogP contribution < -0.4 is 22.6 Å². The van der Waals surface area contributed by atoms with Gasteiger partial charge in [-0.25, -0.2) is 11.0 Å². The van der Waals surface area contributed by atoms with Crippen LogP contribution in [0.15, 0.2) is 59.7 Å². The molecule has 0 atom stereocenters. The number of nitrogen functional groups attached to an aromatic ring is 1. The zero-order valence-electron chi connectivity index (χ0n) is 17.0. The standard InChI is InChI=1S/C20H23N11/c1-30(23)28-16(21)14-9-7-13(8-10-14)11-12-24-19-26-18(22)31-20(27-19)25-17(29-31)15-5-3-2-4-6-15/h2-10H,11-12,23H2,1H3,(H2,21,28)(H3,22,24,25,26,27,29). The molecule has 4 aromatic rings. The Morgan fingerprint density at radius 2 is 1.81 bits per heavy atom. The lowest BCUT2D eigenvalue weighted by atomic mass is 10.1. The van der Waals surface area contributed by atoms with E-state index in [0.717, 1.165) is 23.1 Å². The van der Waals surface area contributed by atoms with Crippen LogP contribution in [-0.4, -0.2) is 49.1 Å². The van der Waals surface area contributed by atoms with Crippen molar-refractivity contribution < 1.29 is 0 Å². The molecule has 0 saturated carbocycles. The Morgan fingerprint density at radius 1 is 1.06 bits per heavy atom. The summed E-state index contributed by atoms with van der Waals surface area (Å²) < 4.78 is 1.43. The minimum atomic E-state index is 0.214. The van der Waals surface area contributed by atoms with E-state index in [9.17, 15) is 0 Å². The Bertz CT molecular complexity index is 1200. The first-order valence-electron chi connectivity index (χ1n) is 9.61. The normalized spacial score (nSPS) is 11.6. The Labute approximate surface area is 178 Å². The van der Waals surface area contributed by atoms with Gasteiger partial charge in [0.2, 0.25) is 11.9 Å². The van der Waals surface area contributed by atoms with E-state index in [1.54, 1.807) is 7.05 Å². The van der Waals surface area contributed by atoms with E-state index in [2.05, 4.69) is 30.5 Å². The van der Waals surface area contributed by atoms with Gasteiger partial charge in [0.15, 0.2) is 11.7 Å². The fourth-order valence-electron chi connectivity index (χ4n) is 2.98. The summed E-state index contributed by atoms with van der Waals surface area (Å²) in [6.07, 6.45) is 0.754. The van der Waals surface area contributed by atoms with E-state index in [4.69, 9.17) is 17.3 Å². The number of anilines is 2. The molecule has 2 heterocycles. The van der Waals surface area contributed by atoms with Crippen molar-refractivity contribution in [2.75, 3.05) is 24.6 Å². The van der Waals surface area contributed by atoms with Crippen LogP contribution in [0.25, 0.3) is 17.2 Å². The highest BCUT2D eigenvalue weighted by molar-refractivity contribution is 5.97. The van der Waals surface area contributed by atoms with E-state index in [0.29, 0.717) is 29.9 Å².